The van der Waals surface area contributed by atoms with Crippen molar-refractivity contribution in [3.05, 3.63) is 11.6 Å². The third-order valence-electron chi connectivity index (χ3n) is 33.3. The fraction of sp³-hybridized carbons (Fsp3) is 0.924. The molecule has 8 aliphatic heterocycles. The topological polar surface area (TPSA) is 717 Å². The second-order valence-electron chi connectivity index (χ2n) is 42.8. The highest BCUT2D eigenvalue weighted by Gasteiger charge is 2.74. The fourth-order valence-corrected chi connectivity index (χ4v) is 24.1. The van der Waals surface area contributed by atoms with E-state index in [1.54, 1.807) is 27.7 Å². The first kappa shape index (κ1) is 111. The Hall–Kier alpha value is -4.19. The van der Waals surface area contributed by atoms with Gasteiger partial charge in [0.2, 0.25) is 12.1 Å². The molecule has 49 atom stereocenters. The lowest BCUT2D eigenvalue weighted by Crippen LogP contribution is -2.69. The number of carbonyl (C=O) groups excluding carboxylic acids is 4. The minimum Gasteiger partial charge on any atom is -0.477 e. The maximum atomic E-state index is 16.5. The lowest BCUT2D eigenvalue weighted by atomic mass is 9.33. The molecule has 13 rings (SSSR count). The van der Waals surface area contributed by atoms with E-state index >= 15 is 4.79 Å². The summed E-state index contributed by atoms with van der Waals surface area (Å²) < 4.78 is 108. The van der Waals surface area contributed by atoms with E-state index in [9.17, 15) is 137 Å². The second kappa shape index (κ2) is 43.3. The maximum absolute atomic E-state index is 16.5. The van der Waals surface area contributed by atoms with Crippen LogP contribution in [0.4, 0.5) is 0 Å². The molecule has 0 aromatic carbocycles. The molecule has 0 radical (unpaired) electrons. The molecule has 792 valence electrons. The zero-order valence-corrected chi connectivity index (χ0v) is 79.8. The Labute approximate surface area is 797 Å². The molecule has 0 aromatic rings. The molecule has 23 N–H and O–H groups in total. The second-order valence-corrected chi connectivity index (χ2v) is 42.8. The van der Waals surface area contributed by atoms with Crippen molar-refractivity contribution >= 4 is 30.2 Å². The van der Waals surface area contributed by atoms with E-state index in [2.05, 4.69) is 19.9 Å². The van der Waals surface area contributed by atoms with Gasteiger partial charge in [0.15, 0.2) is 49.9 Å². The van der Waals surface area contributed by atoms with Crippen molar-refractivity contribution in [2.24, 2.45) is 62.1 Å². The summed E-state index contributed by atoms with van der Waals surface area (Å²) in [7, 11) is 0. The van der Waals surface area contributed by atoms with E-state index in [0.29, 0.717) is 38.5 Å². The predicted molar refractivity (Wildman–Crippen MR) is 458 cm³/mol. The summed E-state index contributed by atoms with van der Waals surface area (Å²) in [5.41, 5.74) is -7.86. The molecule has 13 aliphatic rings. The Morgan fingerprint density at radius 2 is 1.12 bits per heavy atom. The zero-order chi connectivity index (χ0) is 101. The van der Waals surface area contributed by atoms with Crippen LogP contribution >= 0.6 is 0 Å². The van der Waals surface area contributed by atoms with Gasteiger partial charge in [0, 0.05) is 19.3 Å². The number of ether oxygens (including phenoxy) is 18. The Morgan fingerprint density at radius 1 is 0.529 bits per heavy atom. The Balaban J connectivity index is 0.764. The van der Waals surface area contributed by atoms with Gasteiger partial charge in [-0.3, -0.25) is 14.4 Å². The van der Waals surface area contributed by atoms with Gasteiger partial charge in [0.1, 0.15) is 140 Å². The van der Waals surface area contributed by atoms with Crippen LogP contribution in [0, 0.1) is 62.1 Å². The van der Waals surface area contributed by atoms with Gasteiger partial charge in [-0.1, -0.05) is 93.7 Å². The van der Waals surface area contributed by atoms with Gasteiger partial charge in [-0.15, -0.1) is 0 Å². The van der Waals surface area contributed by atoms with Crippen molar-refractivity contribution in [2.45, 2.75) is 424 Å². The molecule has 0 bridgehead atoms. The van der Waals surface area contributed by atoms with Crippen molar-refractivity contribution in [3.63, 3.8) is 0 Å². The van der Waals surface area contributed by atoms with E-state index in [0.717, 1.165) is 11.9 Å². The first-order valence-corrected chi connectivity index (χ1v) is 48.3. The highest BCUT2D eigenvalue weighted by molar-refractivity contribution is 5.80. The van der Waals surface area contributed by atoms with E-state index in [1.165, 1.54) is 13.8 Å². The lowest BCUT2D eigenvalue weighted by Gasteiger charge is -2.71. The summed E-state index contributed by atoms with van der Waals surface area (Å²) in [6, 6.07) is 0. The summed E-state index contributed by atoms with van der Waals surface area (Å²) in [5.74, 6) is -13.3. The smallest absolute Gasteiger partial charge is 0.364 e. The van der Waals surface area contributed by atoms with Crippen molar-refractivity contribution in [1.82, 2.24) is 0 Å². The monoisotopic (exact) mass is 1990 g/mol. The molecule has 8 saturated heterocycles. The molecule has 0 aromatic heterocycles. The first-order chi connectivity index (χ1) is 64.6. The summed E-state index contributed by atoms with van der Waals surface area (Å²) in [6.07, 6.45) is -61.2. The molecule has 4 saturated carbocycles. The van der Waals surface area contributed by atoms with E-state index in [1.807, 2.05) is 27.7 Å². The van der Waals surface area contributed by atoms with Gasteiger partial charge in [-0.25, -0.2) is 4.79 Å². The number of carboxylic acid groups (broad SMARTS) is 1. The summed E-state index contributed by atoms with van der Waals surface area (Å²) in [6.45, 7) is 16.9. The number of aliphatic carboxylic acids is 1. The number of carboxylic acids is 1. The van der Waals surface area contributed by atoms with E-state index < -0.39 is 384 Å². The summed E-state index contributed by atoms with van der Waals surface area (Å²) in [4.78, 5) is 72.7. The Bertz CT molecular complexity index is 4140. The minimum absolute atomic E-state index is 0.00512. The average molecular weight is 1990 g/mol. The zero-order valence-electron chi connectivity index (χ0n) is 79.8. The van der Waals surface area contributed by atoms with Crippen molar-refractivity contribution < 1.29 is 227 Å². The Morgan fingerprint density at radius 3 is 1.75 bits per heavy atom. The molecule has 46 heteroatoms. The maximum Gasteiger partial charge on any atom is 0.364 e. The van der Waals surface area contributed by atoms with Crippen LogP contribution in [0.25, 0.3) is 0 Å². The van der Waals surface area contributed by atoms with Gasteiger partial charge in [-0.2, -0.15) is 0 Å². The number of aldehydes is 1. The van der Waals surface area contributed by atoms with Crippen LogP contribution in [-0.4, -0.2) is 432 Å². The fourth-order valence-electron chi connectivity index (χ4n) is 24.1. The third-order valence-corrected chi connectivity index (χ3v) is 33.3. The van der Waals surface area contributed by atoms with Gasteiger partial charge in [0.05, 0.1) is 107 Å². The number of aliphatic hydroxyl groups is 22. The van der Waals surface area contributed by atoms with Gasteiger partial charge < -0.3 is 208 Å². The largest absolute Gasteiger partial charge is 0.477 e. The standard InChI is InChI=1S/C92H148O46/c1-13-38(3)48(127-57(102)25-43(98)24-49(39(4)14-2)137-92(120)37-123-52(31-94)73(92)113)23-42(97)26-58(103)131-71-59(104)40(5)125-79(72(71)135-77-66(111)63(108)68(41(6)126-77)132-76-67(112)69(47(100)33-122-76)133-81-74(114)89(118,35-96)36-124-81)136-83(117)90-22-21-84(7,8)27-45(90)44-15-16-54-85(9)19-18-56(86(10,34-95)53(85)17-20-87(54,11)88(44,12)29-55(90)101)130-80-70(134-78-65(110)62(107)61(106)51(30-93)129-78)50(28-91(119,138-80)82(115)116)128-75-64(109)60(105)46(99)32-121-75/h15,34,38-43,45-56,59-81,93-94,96-101,104-114,118-120H,13-14,16-33,35-37H2,1-12H3,(H,115,116)/t38-,39-,40?,41?,42-,43-,45?,46+,47?,48-,49-,50?,51?,52-,53?,54?,55+,56-,59+,60?,61-,62?,63?,64?,65?,66?,67?,68-,69-,70?,71?,72?,73?,74?,75-,76+,77-,78-,79-,80+,81-,85-,86-,87+,88+,89?,90+,91?,92?/m0/s1. The molecule has 0 amide bonds. The molecule has 23 unspecified atom stereocenters. The average Bonchev–Trinajstić information content (AvgIpc) is 0.803. The van der Waals surface area contributed by atoms with Crippen LogP contribution in [0.2, 0.25) is 0 Å². The van der Waals surface area contributed by atoms with Crippen molar-refractivity contribution in [1.29, 1.82) is 0 Å². The number of esters is 3. The van der Waals surface area contributed by atoms with Crippen LogP contribution in [0.15, 0.2) is 11.6 Å². The SMILES string of the molecule is CC[C@H](C)[C@H](C[C@H](O)CC(=O)OC1C(O[C@@H]2OC(C)[C@H](O[C@H]3OCC(O)[C@H](O[C@@H]4OCC(O)(CO)C4O)C3O)C(O)C2O)[C@H](OC(=O)[C@]23CCC(C)(C)CC2C2=CCC4[C@@]5(C)CC[C@H](O[C@@H]6OC(O)(C(=O)O)CC(O[C@@H]7OC[C@@H](O)C(O)C7O)C6O[C@@H]6OC(CO)[C@H](O)C(O)C6O)[C@@](C)(C=O)C5CC[C@@]4(C)[C@]2(C)C[C@H]3O)OC(C)[C@H]1O)OC(=O)C[C@@H](O)C[C@H](OC1(O)CO[C@@H](CO)C1O)[C@@H](C)CC. The number of allylic oxidation sites excluding steroid dienone is 2. The first-order valence-electron chi connectivity index (χ1n) is 48.3. The molecule has 12 fully saturated rings. The van der Waals surface area contributed by atoms with Crippen LogP contribution in [0.3, 0.4) is 0 Å². The van der Waals surface area contributed by atoms with E-state index in [4.69, 9.17) is 85.3 Å². The Kier molecular flexibility index (Phi) is 34.8. The number of hydrogen-bond acceptors (Lipinski definition) is 45. The number of rotatable bonds is 35. The van der Waals surface area contributed by atoms with Gasteiger partial charge in [0.25, 0.3) is 5.79 Å². The summed E-state index contributed by atoms with van der Waals surface area (Å²) >= 11 is 0. The van der Waals surface area contributed by atoms with Crippen LogP contribution in [-0.2, 0) is 109 Å². The van der Waals surface area contributed by atoms with Crippen molar-refractivity contribution in [2.75, 3.05) is 46.2 Å². The number of hydrogen-bond donors (Lipinski definition) is 23. The van der Waals surface area contributed by atoms with Crippen LogP contribution in [0.5, 0.6) is 0 Å². The third kappa shape index (κ3) is 21.2. The van der Waals surface area contributed by atoms with Crippen LogP contribution < -0.4 is 0 Å². The quantitative estimate of drug-likeness (QED) is 0.00704. The molecule has 138 heavy (non-hydrogen) atoms. The lowest BCUT2D eigenvalue weighted by molar-refractivity contribution is -0.410. The molecule has 8 heterocycles. The molecule has 46 nitrogen and oxygen atoms in total. The molecule has 0 spiro atoms. The highest BCUT2D eigenvalue weighted by Crippen LogP contribution is 2.76. The normalized spacial score (nSPS) is 48.7. The molecular weight excluding hydrogens is 1840 g/mol. The van der Waals surface area contributed by atoms with Crippen LogP contribution in [0.1, 0.15) is 186 Å². The van der Waals surface area contributed by atoms with E-state index in [-0.39, 0.29) is 50.4 Å². The van der Waals surface area contributed by atoms with Gasteiger partial charge in [-0.05, 0) is 123 Å². The minimum atomic E-state index is -3.22. The molecule has 5 aliphatic carbocycles. The number of fused-ring (bicyclic) bond motifs is 7. The predicted octanol–water partition coefficient (Wildman–Crippen LogP) is -5.33. The number of aliphatic hydroxyl groups excluding tert-OH is 19. The number of carbonyl (C=O) groups is 5. The van der Waals surface area contributed by atoms with Gasteiger partial charge >= 0.3 is 23.9 Å². The highest BCUT2D eigenvalue weighted by atomic mass is 16.8. The van der Waals surface area contributed by atoms with Crippen molar-refractivity contribution in [3.8, 4) is 0 Å². The molecular formula is C92H148O46. The summed E-state index contributed by atoms with van der Waals surface area (Å²) in [5, 5.41) is 257.